The van der Waals surface area contributed by atoms with Crippen LogP contribution in [0, 0.1) is 17.7 Å². The summed E-state index contributed by atoms with van der Waals surface area (Å²) in [7, 11) is 0. The minimum Gasteiger partial charge on any atom is -0.493 e. The molecule has 0 bridgehead atoms. The van der Waals surface area contributed by atoms with Gasteiger partial charge in [-0.05, 0) is 73.2 Å². The zero-order chi connectivity index (χ0) is 24.5. The summed E-state index contributed by atoms with van der Waals surface area (Å²) in [5.74, 6) is 1.67. The maximum atomic E-state index is 13.7. The molecule has 2 saturated heterocycles. The average Bonchev–Trinajstić information content (AvgIpc) is 3.64. The van der Waals surface area contributed by atoms with Crippen molar-refractivity contribution in [3.63, 3.8) is 0 Å². The van der Waals surface area contributed by atoms with Gasteiger partial charge in [0.1, 0.15) is 17.2 Å². The van der Waals surface area contributed by atoms with Crippen molar-refractivity contribution in [2.24, 2.45) is 11.8 Å². The molecule has 1 saturated carbocycles. The Bertz CT molecular complexity index is 1010. The second-order valence-corrected chi connectivity index (χ2v) is 11.0. The number of hydrogen-bond acceptors (Lipinski definition) is 4. The van der Waals surface area contributed by atoms with Crippen molar-refractivity contribution in [2.75, 3.05) is 19.7 Å². The van der Waals surface area contributed by atoms with Gasteiger partial charge in [-0.15, -0.1) is 0 Å². The van der Waals surface area contributed by atoms with Gasteiger partial charge in [0.25, 0.3) is 0 Å². The number of rotatable bonds is 9. The predicted molar refractivity (Wildman–Crippen MR) is 134 cm³/mol. The number of nitrogens with one attached hydrogen (secondary N) is 1. The first kappa shape index (κ1) is 24.1. The molecule has 2 aromatic rings. The second kappa shape index (κ2) is 9.81. The molecule has 35 heavy (non-hydrogen) atoms. The van der Waals surface area contributed by atoms with Crippen LogP contribution in [0.2, 0.25) is 0 Å². The van der Waals surface area contributed by atoms with Crippen LogP contribution in [0.5, 0.6) is 5.75 Å². The molecule has 1 unspecified atom stereocenters. The Hall–Kier alpha value is -2.60. The van der Waals surface area contributed by atoms with Gasteiger partial charge in [-0.1, -0.05) is 51.0 Å². The van der Waals surface area contributed by atoms with Crippen LogP contribution < -0.4 is 10.1 Å². The molecule has 2 heterocycles. The largest absolute Gasteiger partial charge is 0.493 e. The molecule has 2 aliphatic heterocycles. The fraction of sp³-hybridized carbons (Fsp3) is 0.552. The maximum Gasteiger partial charge on any atom is 0.411 e. The molecule has 5 rings (SSSR count). The van der Waals surface area contributed by atoms with Gasteiger partial charge in [0.05, 0.1) is 12.1 Å². The van der Waals surface area contributed by atoms with E-state index in [-0.39, 0.29) is 11.9 Å². The third-order valence-electron chi connectivity index (χ3n) is 7.86. The summed E-state index contributed by atoms with van der Waals surface area (Å²) in [6, 6.07) is 14.8. The molecule has 1 N–H and O–H groups in total. The summed E-state index contributed by atoms with van der Waals surface area (Å²) in [6.45, 7) is 7.09. The quantitative estimate of drug-likeness (QED) is 0.499. The van der Waals surface area contributed by atoms with E-state index in [1.54, 1.807) is 0 Å². The predicted octanol–water partition coefficient (Wildman–Crippen LogP) is 5.72. The summed E-state index contributed by atoms with van der Waals surface area (Å²) in [4.78, 5) is 15.6. The fourth-order valence-electron chi connectivity index (χ4n) is 5.85. The van der Waals surface area contributed by atoms with Gasteiger partial charge in [0, 0.05) is 19.4 Å². The van der Waals surface area contributed by atoms with Gasteiger partial charge >= 0.3 is 6.09 Å². The Morgan fingerprint density at radius 3 is 2.34 bits per heavy atom. The molecule has 1 atom stereocenters. The standard InChI is InChI=1S/C29H37FN2O3/c1-21(2)20-34-26-11-7-24(8-12-26)19-32-27(33)35-29(13-15-31-16-14-29)28(32,17-22-3-4-22)18-23-5-9-25(30)10-6-23/h5-12,21-22,31H,3-4,13-20H2,1-2H3. The highest BCUT2D eigenvalue weighted by Gasteiger charge is 2.65. The van der Waals surface area contributed by atoms with Gasteiger partial charge in [-0.2, -0.15) is 0 Å². The van der Waals surface area contributed by atoms with Crippen LogP contribution in [0.4, 0.5) is 9.18 Å². The summed E-state index contributed by atoms with van der Waals surface area (Å²) < 4.78 is 25.9. The molecule has 3 aliphatic rings. The third-order valence-corrected chi connectivity index (χ3v) is 7.86. The minimum absolute atomic E-state index is 0.227. The van der Waals surface area contributed by atoms with Crippen molar-refractivity contribution in [1.29, 1.82) is 0 Å². The first-order valence-electron chi connectivity index (χ1n) is 13.1. The smallest absolute Gasteiger partial charge is 0.411 e. The minimum atomic E-state index is -0.535. The Kier molecular flexibility index (Phi) is 6.75. The van der Waals surface area contributed by atoms with Gasteiger partial charge < -0.3 is 14.8 Å². The number of amides is 1. The van der Waals surface area contributed by atoms with E-state index >= 15 is 0 Å². The Morgan fingerprint density at radius 2 is 1.71 bits per heavy atom. The van der Waals surface area contributed by atoms with Gasteiger partial charge in [-0.3, -0.25) is 4.90 Å². The molecular formula is C29H37FN2O3. The van der Waals surface area contributed by atoms with Crippen molar-refractivity contribution in [3.8, 4) is 5.75 Å². The highest BCUT2D eigenvalue weighted by atomic mass is 19.1. The maximum absolute atomic E-state index is 13.7. The SMILES string of the molecule is CC(C)COc1ccc(CN2C(=O)OC3(CCNCC3)C2(Cc2ccc(F)cc2)CC2CC2)cc1. The van der Waals surface area contributed by atoms with E-state index in [0.717, 1.165) is 49.2 Å². The van der Waals surface area contributed by atoms with E-state index in [1.807, 2.05) is 29.2 Å². The van der Waals surface area contributed by atoms with E-state index in [9.17, 15) is 9.18 Å². The highest BCUT2D eigenvalue weighted by Crippen LogP contribution is 2.54. The van der Waals surface area contributed by atoms with Crippen molar-refractivity contribution in [1.82, 2.24) is 10.2 Å². The van der Waals surface area contributed by atoms with Crippen LogP contribution in [-0.2, 0) is 17.7 Å². The zero-order valence-corrected chi connectivity index (χ0v) is 20.9. The lowest BCUT2D eigenvalue weighted by atomic mass is 9.67. The number of piperidine rings is 1. The summed E-state index contributed by atoms with van der Waals surface area (Å²) in [5.41, 5.74) is 1.11. The third kappa shape index (κ3) is 5.04. The van der Waals surface area contributed by atoms with Crippen LogP contribution in [0.3, 0.4) is 0 Å². The number of carbonyl (C=O) groups excluding carboxylic acids is 1. The van der Waals surface area contributed by atoms with E-state index < -0.39 is 11.1 Å². The lowest BCUT2D eigenvalue weighted by Crippen LogP contribution is -2.63. The molecule has 1 aliphatic carbocycles. The van der Waals surface area contributed by atoms with E-state index in [4.69, 9.17) is 9.47 Å². The van der Waals surface area contributed by atoms with Gasteiger partial charge in [0.2, 0.25) is 0 Å². The molecule has 188 valence electrons. The Morgan fingerprint density at radius 1 is 1.06 bits per heavy atom. The van der Waals surface area contributed by atoms with E-state index in [2.05, 4.69) is 31.3 Å². The van der Waals surface area contributed by atoms with Crippen LogP contribution in [-0.4, -0.2) is 41.8 Å². The number of ether oxygens (including phenoxy) is 2. The van der Waals surface area contributed by atoms with Crippen molar-refractivity contribution < 1.29 is 18.7 Å². The molecular weight excluding hydrogens is 443 g/mol. The number of hydrogen-bond donors (Lipinski definition) is 1. The van der Waals surface area contributed by atoms with Crippen LogP contribution in [0.15, 0.2) is 48.5 Å². The lowest BCUT2D eigenvalue weighted by molar-refractivity contribution is -0.0486. The topological polar surface area (TPSA) is 50.8 Å². The van der Waals surface area contributed by atoms with Crippen molar-refractivity contribution in [2.45, 2.75) is 70.1 Å². The van der Waals surface area contributed by atoms with Crippen LogP contribution in [0.25, 0.3) is 0 Å². The summed E-state index contributed by atoms with van der Waals surface area (Å²) >= 11 is 0. The van der Waals surface area contributed by atoms with E-state index in [0.29, 0.717) is 31.4 Å². The molecule has 0 aromatic heterocycles. The number of halogens is 1. The lowest BCUT2D eigenvalue weighted by Gasteiger charge is -2.49. The summed E-state index contributed by atoms with van der Waals surface area (Å²) in [5, 5.41) is 3.45. The number of nitrogens with zero attached hydrogens (tertiary/aromatic N) is 1. The molecule has 1 spiro atoms. The number of benzene rings is 2. The highest BCUT2D eigenvalue weighted by molar-refractivity contribution is 5.73. The molecule has 2 aromatic carbocycles. The van der Waals surface area contributed by atoms with Crippen LogP contribution in [0.1, 0.15) is 57.1 Å². The Labute approximate surface area is 208 Å². The molecule has 5 nitrogen and oxygen atoms in total. The van der Waals surface area contributed by atoms with Gasteiger partial charge in [-0.25, -0.2) is 9.18 Å². The van der Waals surface area contributed by atoms with Gasteiger partial charge in [0.15, 0.2) is 0 Å². The number of carbonyl (C=O) groups is 1. The molecule has 0 radical (unpaired) electrons. The van der Waals surface area contributed by atoms with Crippen LogP contribution >= 0.6 is 0 Å². The van der Waals surface area contributed by atoms with Crippen molar-refractivity contribution >= 4 is 6.09 Å². The van der Waals surface area contributed by atoms with E-state index in [1.165, 1.54) is 25.0 Å². The average molecular weight is 481 g/mol. The Balaban J connectivity index is 1.48. The first-order valence-corrected chi connectivity index (χ1v) is 13.1. The monoisotopic (exact) mass is 480 g/mol. The first-order chi connectivity index (χ1) is 16.9. The normalized spacial score (nSPS) is 23.7. The molecule has 3 fully saturated rings. The molecule has 1 amide bonds. The summed E-state index contributed by atoms with van der Waals surface area (Å²) in [6.07, 6.45) is 5.36. The molecule has 6 heteroatoms. The zero-order valence-electron chi connectivity index (χ0n) is 20.9. The second-order valence-electron chi connectivity index (χ2n) is 11.0. The fourth-order valence-corrected chi connectivity index (χ4v) is 5.85. The van der Waals surface area contributed by atoms with Crippen molar-refractivity contribution in [3.05, 3.63) is 65.5 Å².